The number of amides is 1. The van der Waals surface area contributed by atoms with Crippen LogP contribution in [-0.4, -0.2) is 46.8 Å². The highest BCUT2D eigenvalue weighted by molar-refractivity contribution is 5.99. The van der Waals surface area contributed by atoms with E-state index in [2.05, 4.69) is 6.58 Å². The standard InChI is InChI=1S/C23H23N3O5/c1-3-12-26(14-20(27)28)22(29)15(2)13-16-4-6-18(7-5-16)23(30)31-19-10-8-17(9-11-19)21(24)25/h3-11,13H,1,12,14H2,2H3,(H3,24,25)(H,27,28). The molecule has 4 N–H and O–H groups in total. The van der Waals surface area contributed by atoms with Crippen molar-refractivity contribution in [3.8, 4) is 5.75 Å². The summed E-state index contributed by atoms with van der Waals surface area (Å²) < 4.78 is 5.30. The van der Waals surface area contributed by atoms with Crippen molar-refractivity contribution in [2.75, 3.05) is 13.1 Å². The molecule has 0 aliphatic carbocycles. The quantitative estimate of drug-likeness (QED) is 0.142. The first-order valence-electron chi connectivity index (χ1n) is 9.28. The van der Waals surface area contributed by atoms with Crippen LogP contribution in [0.1, 0.15) is 28.4 Å². The second-order valence-electron chi connectivity index (χ2n) is 6.65. The number of carbonyl (C=O) groups excluding carboxylic acids is 2. The van der Waals surface area contributed by atoms with E-state index < -0.39 is 24.4 Å². The number of nitrogens with two attached hydrogens (primary N) is 1. The Kier molecular flexibility index (Phi) is 7.85. The summed E-state index contributed by atoms with van der Waals surface area (Å²) in [7, 11) is 0. The average molecular weight is 421 g/mol. The molecule has 160 valence electrons. The maximum atomic E-state index is 12.5. The Bertz CT molecular complexity index is 1020. The SMILES string of the molecule is C=CCN(CC(=O)O)C(=O)C(C)=Cc1ccc(C(=O)Oc2ccc(C(=N)N)cc2)cc1. The molecule has 0 aliphatic heterocycles. The first-order valence-corrected chi connectivity index (χ1v) is 9.28. The van der Waals surface area contributed by atoms with Gasteiger partial charge in [0.15, 0.2) is 0 Å². The number of hydrogen-bond donors (Lipinski definition) is 3. The van der Waals surface area contributed by atoms with Crippen molar-refractivity contribution in [3.63, 3.8) is 0 Å². The summed E-state index contributed by atoms with van der Waals surface area (Å²) in [5.74, 6) is -1.84. The maximum absolute atomic E-state index is 12.5. The summed E-state index contributed by atoms with van der Waals surface area (Å²) in [4.78, 5) is 36.9. The molecule has 0 atom stereocenters. The van der Waals surface area contributed by atoms with Gasteiger partial charge in [0.2, 0.25) is 5.91 Å². The van der Waals surface area contributed by atoms with Crippen LogP contribution in [-0.2, 0) is 9.59 Å². The number of benzene rings is 2. The summed E-state index contributed by atoms with van der Waals surface area (Å²) in [6.45, 7) is 4.82. The molecule has 0 heterocycles. The lowest BCUT2D eigenvalue weighted by Gasteiger charge is -2.19. The van der Waals surface area contributed by atoms with Crippen LogP contribution in [0.25, 0.3) is 6.08 Å². The summed E-state index contributed by atoms with van der Waals surface area (Å²) in [5, 5.41) is 16.3. The molecule has 0 fully saturated rings. The lowest BCUT2D eigenvalue weighted by molar-refractivity contribution is -0.142. The molecule has 2 aromatic carbocycles. The van der Waals surface area contributed by atoms with Gasteiger partial charge in [0.1, 0.15) is 18.1 Å². The fraction of sp³-hybridized carbons (Fsp3) is 0.130. The van der Waals surface area contributed by atoms with Gasteiger partial charge in [-0.05, 0) is 55.0 Å². The van der Waals surface area contributed by atoms with Crippen LogP contribution >= 0.6 is 0 Å². The third kappa shape index (κ3) is 6.67. The highest BCUT2D eigenvalue weighted by atomic mass is 16.5. The second-order valence-corrected chi connectivity index (χ2v) is 6.65. The van der Waals surface area contributed by atoms with E-state index in [1.54, 1.807) is 61.5 Å². The number of carboxylic acid groups (broad SMARTS) is 1. The van der Waals surface area contributed by atoms with Gasteiger partial charge in [-0.3, -0.25) is 15.0 Å². The van der Waals surface area contributed by atoms with E-state index in [-0.39, 0.29) is 12.4 Å². The Hall–Kier alpha value is -4.20. The van der Waals surface area contributed by atoms with E-state index in [4.69, 9.17) is 21.0 Å². The van der Waals surface area contributed by atoms with Crippen molar-refractivity contribution in [1.82, 2.24) is 4.90 Å². The number of nitrogens with one attached hydrogen (secondary N) is 1. The maximum Gasteiger partial charge on any atom is 0.343 e. The normalized spacial score (nSPS) is 10.8. The summed E-state index contributed by atoms with van der Waals surface area (Å²) in [5.41, 5.74) is 7.25. The molecule has 0 unspecified atom stereocenters. The third-order valence-corrected chi connectivity index (χ3v) is 4.21. The van der Waals surface area contributed by atoms with Crippen molar-refractivity contribution in [2.24, 2.45) is 5.73 Å². The van der Waals surface area contributed by atoms with Crippen molar-refractivity contribution < 1.29 is 24.2 Å². The molecule has 0 radical (unpaired) electrons. The Morgan fingerprint density at radius 1 is 1.10 bits per heavy atom. The molecule has 0 spiro atoms. The molecule has 8 heteroatoms. The van der Waals surface area contributed by atoms with Crippen LogP contribution < -0.4 is 10.5 Å². The fourth-order valence-corrected chi connectivity index (χ4v) is 2.68. The highest BCUT2D eigenvalue weighted by Crippen LogP contribution is 2.16. The van der Waals surface area contributed by atoms with Crippen LogP contribution in [0.5, 0.6) is 5.75 Å². The zero-order valence-corrected chi connectivity index (χ0v) is 17.0. The van der Waals surface area contributed by atoms with Gasteiger partial charge in [-0.1, -0.05) is 18.2 Å². The molecule has 2 aromatic rings. The van der Waals surface area contributed by atoms with Gasteiger partial charge in [-0.25, -0.2) is 4.79 Å². The predicted molar refractivity (Wildman–Crippen MR) is 117 cm³/mol. The van der Waals surface area contributed by atoms with Crippen molar-refractivity contribution in [1.29, 1.82) is 5.41 Å². The van der Waals surface area contributed by atoms with Crippen molar-refractivity contribution >= 4 is 29.8 Å². The topological polar surface area (TPSA) is 134 Å². The first-order chi connectivity index (χ1) is 14.7. The summed E-state index contributed by atoms with van der Waals surface area (Å²) in [6, 6.07) is 12.7. The van der Waals surface area contributed by atoms with Gasteiger partial charge in [0.05, 0.1) is 5.56 Å². The van der Waals surface area contributed by atoms with Crippen LogP contribution in [0.3, 0.4) is 0 Å². The van der Waals surface area contributed by atoms with E-state index in [0.29, 0.717) is 28.0 Å². The first kappa shape index (κ1) is 23.1. The molecule has 0 bridgehead atoms. The minimum atomic E-state index is -1.11. The lowest BCUT2D eigenvalue weighted by Crippen LogP contribution is -2.36. The fourth-order valence-electron chi connectivity index (χ4n) is 2.68. The van der Waals surface area contributed by atoms with Gasteiger partial charge in [-0.15, -0.1) is 6.58 Å². The number of nitrogen functional groups attached to an aromatic ring is 1. The zero-order valence-electron chi connectivity index (χ0n) is 17.0. The number of ether oxygens (including phenoxy) is 1. The molecule has 0 saturated carbocycles. The zero-order chi connectivity index (χ0) is 23.0. The molecule has 0 aliphatic rings. The van der Waals surface area contributed by atoms with E-state index >= 15 is 0 Å². The Morgan fingerprint density at radius 3 is 2.19 bits per heavy atom. The molecular weight excluding hydrogens is 398 g/mol. The number of nitrogens with zero attached hydrogens (tertiary/aromatic N) is 1. The van der Waals surface area contributed by atoms with Gasteiger partial charge in [0.25, 0.3) is 0 Å². The number of carbonyl (C=O) groups is 3. The van der Waals surface area contributed by atoms with Crippen LogP contribution in [0.2, 0.25) is 0 Å². The Morgan fingerprint density at radius 2 is 1.68 bits per heavy atom. The predicted octanol–water partition coefficient (Wildman–Crippen LogP) is 2.69. The lowest BCUT2D eigenvalue weighted by atomic mass is 10.1. The number of carboxylic acids is 1. The minimum Gasteiger partial charge on any atom is -0.480 e. The van der Waals surface area contributed by atoms with Gasteiger partial charge >= 0.3 is 11.9 Å². The number of hydrogen-bond acceptors (Lipinski definition) is 5. The number of aliphatic carboxylic acids is 1. The largest absolute Gasteiger partial charge is 0.480 e. The molecule has 0 aromatic heterocycles. The average Bonchev–Trinajstić information content (AvgIpc) is 2.73. The Labute approximate surface area is 179 Å². The third-order valence-electron chi connectivity index (χ3n) is 4.21. The van der Waals surface area contributed by atoms with Gasteiger partial charge < -0.3 is 20.5 Å². The Balaban J connectivity index is 2.08. The number of rotatable bonds is 9. The second kappa shape index (κ2) is 10.5. The number of amidine groups is 1. The van der Waals surface area contributed by atoms with E-state index in [1.165, 1.54) is 11.0 Å². The van der Waals surface area contributed by atoms with E-state index in [1.807, 2.05) is 0 Å². The molecule has 0 saturated heterocycles. The van der Waals surface area contributed by atoms with Crippen LogP contribution in [0.4, 0.5) is 0 Å². The van der Waals surface area contributed by atoms with Crippen LogP contribution in [0, 0.1) is 5.41 Å². The minimum absolute atomic E-state index is 0.0779. The highest BCUT2D eigenvalue weighted by Gasteiger charge is 2.17. The molecule has 2 rings (SSSR count). The van der Waals surface area contributed by atoms with E-state index in [0.717, 1.165) is 0 Å². The van der Waals surface area contributed by atoms with Gasteiger partial charge in [-0.2, -0.15) is 0 Å². The molecule has 31 heavy (non-hydrogen) atoms. The van der Waals surface area contributed by atoms with Crippen LogP contribution in [0.15, 0.2) is 66.8 Å². The van der Waals surface area contributed by atoms with Crippen molar-refractivity contribution in [3.05, 3.63) is 83.4 Å². The smallest absolute Gasteiger partial charge is 0.343 e. The molecule has 1 amide bonds. The molecule has 8 nitrogen and oxygen atoms in total. The molecular formula is C23H23N3O5. The number of esters is 1. The van der Waals surface area contributed by atoms with Gasteiger partial charge in [0, 0.05) is 17.7 Å². The summed E-state index contributed by atoms with van der Waals surface area (Å²) >= 11 is 0. The summed E-state index contributed by atoms with van der Waals surface area (Å²) in [6.07, 6.45) is 3.07. The van der Waals surface area contributed by atoms with Crippen molar-refractivity contribution in [2.45, 2.75) is 6.92 Å². The van der Waals surface area contributed by atoms with E-state index in [9.17, 15) is 14.4 Å². The monoisotopic (exact) mass is 421 g/mol.